The molecule has 0 aromatic carbocycles. The minimum atomic E-state index is -1.04. The second-order valence-electron chi connectivity index (χ2n) is 14.8. The summed E-state index contributed by atoms with van der Waals surface area (Å²) in [6.45, 7) is 1.63. The van der Waals surface area contributed by atoms with Gasteiger partial charge < -0.3 is 25.6 Å². The van der Waals surface area contributed by atoms with Crippen molar-refractivity contribution < 1.29 is 42.1 Å². The number of hydrogen-bond donors (Lipinski definition) is 3. The van der Waals surface area contributed by atoms with Crippen LogP contribution in [0.2, 0.25) is 0 Å². The Balaban J connectivity index is 0.000000281. The van der Waals surface area contributed by atoms with Gasteiger partial charge in [-0.25, -0.2) is 34.3 Å². The highest BCUT2D eigenvalue weighted by molar-refractivity contribution is 7.82. The highest BCUT2D eigenvalue weighted by Gasteiger charge is 2.55. The number of hydrogen-bond acceptors (Lipinski definition) is 13. The summed E-state index contributed by atoms with van der Waals surface area (Å²) in [5.74, 6) is -0.589. The lowest BCUT2D eigenvalue weighted by Gasteiger charge is -2.14. The molecule has 6 heterocycles. The maximum Gasteiger partial charge on any atom is 0.416 e. The van der Waals surface area contributed by atoms with E-state index in [1.165, 1.54) is 46.0 Å². The number of rotatable bonds is 8. The topological polar surface area (TPSA) is 218 Å². The van der Waals surface area contributed by atoms with Crippen LogP contribution in [0.25, 0.3) is 0 Å². The first kappa shape index (κ1) is 62.0. The van der Waals surface area contributed by atoms with Gasteiger partial charge in [-0.05, 0) is 96.0 Å². The van der Waals surface area contributed by atoms with Gasteiger partial charge in [-0.3, -0.25) is 14.0 Å². The monoisotopic (exact) mass is 928 g/mol. The number of carbonyl (C=O) groups is 3. The molecule has 4 N–H and O–H groups in total. The first-order valence-corrected chi connectivity index (χ1v) is 20.0. The summed E-state index contributed by atoms with van der Waals surface area (Å²) in [5, 5.41) is 11.4. The minimum Gasteiger partial charge on any atom is -0.441 e. The summed E-state index contributed by atoms with van der Waals surface area (Å²) >= 11 is 0. The fourth-order valence-electron chi connectivity index (χ4n) is 4.27. The quantitative estimate of drug-likeness (QED) is 0.0852. The smallest absolute Gasteiger partial charge is 0.416 e. The molecule has 0 atom stereocenters. The van der Waals surface area contributed by atoms with E-state index in [-0.39, 0.29) is 62.4 Å². The normalized spacial score (nSPS) is 15.5. The lowest BCUT2D eigenvalue weighted by molar-refractivity contribution is 0.127. The van der Waals surface area contributed by atoms with Crippen molar-refractivity contribution in [3.05, 3.63) is 80.1 Å². The number of nitrogens with two attached hydrogens (primary N) is 1. The number of aliphatic hydroxyl groups is 1. The van der Waals surface area contributed by atoms with Crippen LogP contribution in [0.4, 0.5) is 33.4 Å². The standard InChI is InChI=1S/C9H8FN3O2.C7H6N4O.C5H7NO2.C4H2F2N2.C4H9NO.B7H6.B7H3.B7/c10-7-11-4-1-6(12-7)13-5-9(2-3-9)15-8(13)14;12-7(10-3-1-8-5-10)11-4-2-9-6-11;7-4-6-3-5(8-4)1-2-5;5-3-1-2-7-4(6)8-3;5-3-4(6)1-2-4;3*1-5-7(4)6(2)3/h1,4H,2-3,5H2;1-6H;1-3H2,(H,6,7);1-2H;6H,1-3,5H2;1-2H3;1H3;/q;;;;;-2;-1;. The number of carbonyl (C=O) groups excluding carboxylic acids is 3. The maximum absolute atomic E-state index is 12.8. The third-order valence-electron chi connectivity index (χ3n) is 8.92. The molecule has 70 heavy (non-hydrogen) atoms. The number of nitrogens with zero attached hydrogens (tertiary/aromatic N) is 9. The molecule has 0 unspecified atom stereocenters. The van der Waals surface area contributed by atoms with Crippen molar-refractivity contribution >= 4 is 176 Å². The van der Waals surface area contributed by atoms with Crippen LogP contribution in [0.15, 0.2) is 62.0 Å². The molecule has 5 aliphatic rings. The van der Waals surface area contributed by atoms with E-state index >= 15 is 0 Å². The Morgan fingerprint density at radius 1 is 0.786 bits per heavy atom. The number of aromatic nitrogens is 8. The van der Waals surface area contributed by atoms with Crippen LogP contribution in [-0.4, -0.2) is 251 Å². The molecule has 41 heteroatoms. The van der Waals surface area contributed by atoms with Crippen molar-refractivity contribution in [2.24, 2.45) is 5.73 Å². The molecule has 2 aliphatic heterocycles. The molecule has 3 saturated carbocycles. The molecule has 2 saturated heterocycles. The van der Waals surface area contributed by atoms with Crippen molar-refractivity contribution in [1.29, 1.82) is 0 Å². The van der Waals surface area contributed by atoms with Gasteiger partial charge in [-0.2, -0.15) is 37.3 Å². The molecule has 4 aromatic rings. The van der Waals surface area contributed by atoms with E-state index in [1.807, 2.05) is 7.06 Å². The van der Waals surface area contributed by atoms with Crippen molar-refractivity contribution in [3.63, 3.8) is 0 Å². The molecular formula is C29H41B21F3N11O6-3. The number of halogens is 3. The fraction of sp³-hybridized carbons (Fsp3) is 0.414. The average Bonchev–Trinajstić information content (AvgIpc) is 4.19. The SMILES string of the molecule is Fc1ccnc(F)n1.NCC1(O)CC1.O=C(n1ccnc1)n1ccnc1.O=C1NCC2(CC2)O1.O=C1OC2(CC2)CN1c1ccnc(F)n1.[B]B([BH3-])B([B])[B][BH3-].[B]B([B])B([B])[B][BH3-].[B][B]B([B])B([B])[B]. The predicted molar refractivity (Wildman–Crippen MR) is 293 cm³/mol. The Morgan fingerprint density at radius 3 is 1.54 bits per heavy atom. The van der Waals surface area contributed by atoms with Gasteiger partial charge in [0.25, 0.3) is 0 Å². The van der Waals surface area contributed by atoms with Crippen LogP contribution in [-0.2, 0) is 9.47 Å². The van der Waals surface area contributed by atoms with E-state index in [0.29, 0.717) is 34.9 Å². The Morgan fingerprint density at radius 2 is 1.30 bits per heavy atom. The number of alkyl carbamates (subject to hydrolysis) is 1. The van der Waals surface area contributed by atoms with E-state index in [0.717, 1.165) is 57.3 Å². The molecule has 2 amide bonds. The predicted octanol–water partition coefficient (Wildman–Crippen LogP) is -8.22. The second-order valence-corrected chi connectivity index (χ2v) is 14.8. The molecule has 0 bridgehead atoms. The lowest BCUT2D eigenvalue weighted by atomic mass is 8.76. The van der Waals surface area contributed by atoms with Crippen molar-refractivity contribution in [2.45, 2.75) is 55.3 Å². The second kappa shape index (κ2) is 30.7. The van der Waals surface area contributed by atoms with Crippen LogP contribution in [0.3, 0.4) is 0 Å². The van der Waals surface area contributed by atoms with Gasteiger partial charge in [-0.1, -0.05) is 29.6 Å². The first-order chi connectivity index (χ1) is 33.0. The molecule has 4 aromatic heterocycles. The molecule has 9 rings (SSSR count). The van der Waals surface area contributed by atoms with Crippen LogP contribution >= 0.6 is 0 Å². The fourth-order valence-corrected chi connectivity index (χ4v) is 4.27. The van der Waals surface area contributed by atoms with E-state index in [4.69, 9.17) is 89.9 Å². The Kier molecular flexibility index (Phi) is 27.2. The average molecular weight is 924 g/mol. The first-order valence-electron chi connectivity index (χ1n) is 20.0. The van der Waals surface area contributed by atoms with E-state index in [2.05, 4.69) is 42.3 Å². The zero-order valence-electron chi connectivity index (χ0n) is 36.3. The molecule has 335 valence electrons. The number of ether oxygens (including phenoxy) is 2. The maximum atomic E-state index is 12.8. The van der Waals surface area contributed by atoms with Gasteiger partial charge in [0.2, 0.25) is 5.95 Å². The molecular weight excluding hydrogens is 882 g/mol. The minimum absolute atomic E-state index is 0.0446. The molecule has 17 nitrogen and oxygen atoms in total. The van der Waals surface area contributed by atoms with Crippen LogP contribution in [0.5, 0.6) is 0 Å². The number of anilines is 1. The van der Waals surface area contributed by atoms with Gasteiger partial charge in [0.15, 0.2) is 0 Å². The summed E-state index contributed by atoms with van der Waals surface area (Å²) < 4.78 is 49.1. The largest absolute Gasteiger partial charge is 0.441 e. The third-order valence-corrected chi connectivity index (χ3v) is 8.92. The Hall–Kier alpha value is -4.14. The summed E-state index contributed by atoms with van der Waals surface area (Å²) in [5.41, 5.74) is 4.32. The molecule has 3 aliphatic carbocycles. The van der Waals surface area contributed by atoms with Crippen molar-refractivity contribution in [1.82, 2.24) is 44.4 Å². The zero-order valence-corrected chi connectivity index (χ0v) is 36.3. The van der Waals surface area contributed by atoms with Crippen LogP contribution in [0, 0.1) is 18.1 Å². The summed E-state index contributed by atoms with van der Waals surface area (Å²) in [7, 11) is 53.7. The number of amides is 2. The lowest BCUT2D eigenvalue weighted by Crippen LogP contribution is -2.43. The van der Waals surface area contributed by atoms with Gasteiger partial charge in [0.05, 0.1) is 18.7 Å². The summed E-state index contributed by atoms with van der Waals surface area (Å²) in [6.07, 6.45) is 13.9. The number of imidazole rings is 2. The van der Waals surface area contributed by atoms with Crippen molar-refractivity contribution in [2.75, 3.05) is 24.5 Å². The molecule has 2 spiro atoms. The zero-order chi connectivity index (χ0) is 52.7. The molecule has 5 fully saturated rings. The Bertz CT molecular complexity index is 2060. The Labute approximate surface area is 426 Å². The van der Waals surface area contributed by atoms with Crippen LogP contribution in [0.1, 0.15) is 38.5 Å². The summed E-state index contributed by atoms with van der Waals surface area (Å²) in [6, 6.07) is 2.28. The highest BCUT2D eigenvalue weighted by atomic mass is 19.1. The van der Waals surface area contributed by atoms with E-state index in [1.54, 1.807) is 24.8 Å². The highest BCUT2D eigenvalue weighted by Crippen LogP contribution is 2.45. The van der Waals surface area contributed by atoms with Gasteiger partial charge in [0, 0.05) is 101 Å². The van der Waals surface area contributed by atoms with Crippen LogP contribution < -0.4 is 16.0 Å². The van der Waals surface area contributed by atoms with E-state index in [9.17, 15) is 27.6 Å². The molecule has 21 radical (unpaired) electrons. The number of nitrogens with one attached hydrogen (secondary N) is 1. The summed E-state index contributed by atoms with van der Waals surface area (Å²) in [4.78, 5) is 54.7. The van der Waals surface area contributed by atoms with Crippen molar-refractivity contribution in [3.8, 4) is 0 Å². The van der Waals surface area contributed by atoms with Gasteiger partial charge in [0.1, 0.15) is 29.7 Å². The van der Waals surface area contributed by atoms with E-state index < -0.39 is 36.2 Å². The third kappa shape index (κ3) is 23.9. The van der Waals surface area contributed by atoms with Gasteiger partial charge in [-0.15, -0.1) is 6.39 Å². The van der Waals surface area contributed by atoms with Gasteiger partial charge >= 0.3 is 30.4 Å².